The summed E-state index contributed by atoms with van der Waals surface area (Å²) in [5.74, 6) is -0.622. The fourth-order valence-corrected chi connectivity index (χ4v) is 2.00. The first-order valence-electron chi connectivity index (χ1n) is 6.72. The van der Waals surface area contributed by atoms with E-state index >= 15 is 0 Å². The number of nitrogens with two attached hydrogens (primary N) is 2. The van der Waals surface area contributed by atoms with Crippen molar-refractivity contribution in [3.8, 4) is 0 Å². The van der Waals surface area contributed by atoms with Gasteiger partial charge in [-0.2, -0.15) is 0 Å². The third-order valence-electron chi connectivity index (χ3n) is 3.76. The molecule has 20 heavy (non-hydrogen) atoms. The fourth-order valence-electron chi connectivity index (χ4n) is 2.00. The average Bonchev–Trinajstić information content (AvgIpc) is 2.48. The highest BCUT2D eigenvalue weighted by Crippen LogP contribution is 2.25. The van der Waals surface area contributed by atoms with Gasteiger partial charge in [0.2, 0.25) is 5.91 Å². The van der Waals surface area contributed by atoms with Gasteiger partial charge in [0.15, 0.2) is 0 Å². The van der Waals surface area contributed by atoms with E-state index in [1.165, 1.54) is 6.20 Å². The van der Waals surface area contributed by atoms with Crippen LogP contribution in [-0.2, 0) is 11.3 Å². The molecule has 0 radical (unpaired) electrons. The smallest absolute Gasteiger partial charge is 0.267 e. The summed E-state index contributed by atoms with van der Waals surface area (Å²) in [5, 5.41) is 2.87. The van der Waals surface area contributed by atoms with E-state index in [1.807, 2.05) is 13.8 Å². The van der Waals surface area contributed by atoms with Crippen LogP contribution in [-0.4, -0.2) is 23.3 Å². The zero-order valence-corrected chi connectivity index (χ0v) is 12.0. The predicted molar refractivity (Wildman–Crippen MR) is 76.7 cm³/mol. The summed E-state index contributed by atoms with van der Waals surface area (Å²) in [6.07, 6.45) is 2.93. The Morgan fingerprint density at radius 3 is 2.35 bits per heavy atom. The molecule has 0 fully saturated rings. The van der Waals surface area contributed by atoms with Crippen LogP contribution in [0.1, 0.15) is 42.7 Å². The maximum Gasteiger partial charge on any atom is 0.267 e. The number of hydrogen-bond donors (Lipinski definition) is 3. The number of carbonyl (C=O) groups is 2. The zero-order chi connectivity index (χ0) is 15.2. The van der Waals surface area contributed by atoms with E-state index in [0.717, 1.165) is 5.56 Å². The molecule has 1 heterocycles. The molecule has 110 valence electrons. The van der Waals surface area contributed by atoms with Crippen molar-refractivity contribution >= 4 is 11.8 Å². The van der Waals surface area contributed by atoms with E-state index in [2.05, 4.69) is 10.3 Å². The van der Waals surface area contributed by atoms with Crippen LogP contribution in [0.5, 0.6) is 0 Å². The summed E-state index contributed by atoms with van der Waals surface area (Å²) < 4.78 is 0. The standard InChI is InChI=1S/C14H22N4O2/c1-3-14(4-2,9-15)13(20)18-8-10-5-6-11(12(16)19)17-7-10/h5-7H,3-4,8-9,15H2,1-2H3,(H2,16,19)(H,18,20). The maximum atomic E-state index is 12.2. The van der Waals surface area contributed by atoms with Crippen molar-refractivity contribution in [2.75, 3.05) is 6.54 Å². The molecule has 0 saturated heterocycles. The summed E-state index contributed by atoms with van der Waals surface area (Å²) >= 11 is 0. The van der Waals surface area contributed by atoms with Gasteiger partial charge in [0.25, 0.3) is 5.91 Å². The van der Waals surface area contributed by atoms with Crippen LogP contribution >= 0.6 is 0 Å². The first-order valence-corrected chi connectivity index (χ1v) is 6.72. The normalized spacial score (nSPS) is 11.2. The molecule has 0 unspecified atom stereocenters. The minimum Gasteiger partial charge on any atom is -0.364 e. The van der Waals surface area contributed by atoms with E-state index in [1.54, 1.807) is 12.1 Å². The van der Waals surface area contributed by atoms with Crippen molar-refractivity contribution < 1.29 is 9.59 Å². The number of amides is 2. The first kappa shape index (κ1) is 16.1. The number of nitrogens with one attached hydrogen (secondary N) is 1. The number of aromatic nitrogens is 1. The second-order valence-corrected chi connectivity index (χ2v) is 4.79. The van der Waals surface area contributed by atoms with Crippen LogP contribution in [0.3, 0.4) is 0 Å². The molecule has 0 aliphatic heterocycles. The van der Waals surface area contributed by atoms with Gasteiger partial charge in [-0.25, -0.2) is 0 Å². The van der Waals surface area contributed by atoms with Gasteiger partial charge in [-0.15, -0.1) is 0 Å². The van der Waals surface area contributed by atoms with Crippen LogP contribution in [0.2, 0.25) is 0 Å². The second kappa shape index (κ2) is 7.00. The molecule has 0 aromatic carbocycles. The summed E-state index contributed by atoms with van der Waals surface area (Å²) in [7, 11) is 0. The minimum absolute atomic E-state index is 0.0519. The molecule has 6 nitrogen and oxygen atoms in total. The molecule has 1 rings (SSSR count). The van der Waals surface area contributed by atoms with Gasteiger partial charge >= 0.3 is 0 Å². The van der Waals surface area contributed by atoms with E-state index in [9.17, 15) is 9.59 Å². The van der Waals surface area contributed by atoms with E-state index < -0.39 is 11.3 Å². The Morgan fingerprint density at radius 2 is 1.95 bits per heavy atom. The van der Waals surface area contributed by atoms with Gasteiger partial charge in [0.05, 0.1) is 5.41 Å². The van der Waals surface area contributed by atoms with E-state index in [4.69, 9.17) is 11.5 Å². The monoisotopic (exact) mass is 278 g/mol. The molecule has 0 spiro atoms. The van der Waals surface area contributed by atoms with E-state index in [-0.39, 0.29) is 11.6 Å². The molecule has 0 bridgehead atoms. The highest BCUT2D eigenvalue weighted by atomic mass is 16.2. The Bertz CT molecular complexity index is 458. The van der Waals surface area contributed by atoms with Crippen LogP contribution in [0.15, 0.2) is 18.3 Å². The van der Waals surface area contributed by atoms with Gasteiger partial charge in [-0.1, -0.05) is 19.9 Å². The highest BCUT2D eigenvalue weighted by Gasteiger charge is 2.32. The third-order valence-corrected chi connectivity index (χ3v) is 3.76. The largest absolute Gasteiger partial charge is 0.364 e. The molecule has 1 aromatic heterocycles. The number of primary amides is 1. The Morgan fingerprint density at radius 1 is 1.30 bits per heavy atom. The first-order chi connectivity index (χ1) is 9.49. The zero-order valence-electron chi connectivity index (χ0n) is 12.0. The maximum absolute atomic E-state index is 12.2. The van der Waals surface area contributed by atoms with Crippen molar-refractivity contribution in [1.82, 2.24) is 10.3 Å². The molecular formula is C14H22N4O2. The quantitative estimate of drug-likeness (QED) is 0.676. The number of hydrogen-bond acceptors (Lipinski definition) is 4. The summed E-state index contributed by atoms with van der Waals surface area (Å²) in [5.41, 5.74) is 11.3. The number of carbonyl (C=O) groups excluding carboxylic acids is 2. The third kappa shape index (κ3) is 3.54. The van der Waals surface area contributed by atoms with Crippen molar-refractivity contribution in [2.45, 2.75) is 33.2 Å². The minimum atomic E-state index is -0.570. The molecule has 0 saturated carbocycles. The van der Waals surface area contributed by atoms with Gasteiger partial charge in [-0.3, -0.25) is 14.6 Å². The Labute approximate surface area is 118 Å². The van der Waals surface area contributed by atoms with Crippen LogP contribution in [0, 0.1) is 5.41 Å². The fraction of sp³-hybridized carbons (Fsp3) is 0.500. The Balaban J connectivity index is 2.67. The van der Waals surface area contributed by atoms with Crippen molar-refractivity contribution in [2.24, 2.45) is 16.9 Å². The summed E-state index contributed by atoms with van der Waals surface area (Å²) in [4.78, 5) is 27.1. The van der Waals surface area contributed by atoms with Gasteiger partial charge in [-0.05, 0) is 24.5 Å². The van der Waals surface area contributed by atoms with Gasteiger partial charge in [0.1, 0.15) is 5.69 Å². The molecule has 1 aromatic rings. The Kier molecular flexibility index (Phi) is 5.64. The van der Waals surface area contributed by atoms with Crippen LogP contribution in [0.4, 0.5) is 0 Å². The topological polar surface area (TPSA) is 111 Å². The average molecular weight is 278 g/mol. The Hall–Kier alpha value is -1.95. The summed E-state index contributed by atoms with van der Waals surface area (Å²) in [6.45, 7) is 4.59. The molecule has 6 heteroatoms. The van der Waals surface area contributed by atoms with Crippen LogP contribution < -0.4 is 16.8 Å². The van der Waals surface area contributed by atoms with Gasteiger partial charge in [0, 0.05) is 19.3 Å². The lowest BCUT2D eigenvalue weighted by Crippen LogP contribution is -2.45. The highest BCUT2D eigenvalue weighted by molar-refractivity contribution is 5.90. The lowest BCUT2D eigenvalue weighted by Gasteiger charge is -2.28. The molecule has 5 N–H and O–H groups in total. The van der Waals surface area contributed by atoms with Gasteiger partial charge < -0.3 is 16.8 Å². The molecule has 0 aliphatic rings. The van der Waals surface area contributed by atoms with Crippen molar-refractivity contribution in [3.63, 3.8) is 0 Å². The number of nitrogens with zero attached hydrogens (tertiary/aromatic N) is 1. The SMILES string of the molecule is CCC(CC)(CN)C(=O)NCc1ccc(C(N)=O)nc1. The van der Waals surface area contributed by atoms with E-state index in [0.29, 0.717) is 25.9 Å². The lowest BCUT2D eigenvalue weighted by molar-refractivity contribution is -0.131. The van der Waals surface area contributed by atoms with Crippen molar-refractivity contribution in [3.05, 3.63) is 29.6 Å². The molecule has 0 aliphatic carbocycles. The van der Waals surface area contributed by atoms with Crippen molar-refractivity contribution in [1.29, 1.82) is 0 Å². The lowest BCUT2D eigenvalue weighted by atomic mass is 9.81. The molecular weight excluding hydrogens is 256 g/mol. The van der Waals surface area contributed by atoms with Crippen LogP contribution in [0.25, 0.3) is 0 Å². The summed E-state index contributed by atoms with van der Waals surface area (Å²) in [6, 6.07) is 3.26. The predicted octanol–water partition coefficient (Wildman–Crippen LogP) is 0.562. The number of rotatable bonds is 7. The molecule has 2 amide bonds. The number of pyridine rings is 1. The second-order valence-electron chi connectivity index (χ2n) is 4.79. The molecule has 0 atom stereocenters.